The Balaban J connectivity index is 2.22. The molecule has 0 amide bonds. The fraction of sp³-hybridized carbons (Fsp3) is 0.273. The number of hydrogen-bond donors (Lipinski definition) is 1. The molecule has 6 heteroatoms. The minimum atomic E-state index is 0.0699. The molecule has 0 unspecified atom stereocenters. The Labute approximate surface area is 98.3 Å². The predicted octanol–water partition coefficient (Wildman–Crippen LogP) is 1.26. The molecule has 90 valence electrons. The van der Waals surface area contributed by atoms with Crippen molar-refractivity contribution in [1.82, 2.24) is 10.1 Å². The lowest BCUT2D eigenvalue weighted by Gasteiger charge is -2.08. The van der Waals surface area contributed by atoms with Crippen LogP contribution in [0.1, 0.15) is 11.4 Å². The summed E-state index contributed by atoms with van der Waals surface area (Å²) in [5, 5.41) is 3.73. The Morgan fingerprint density at radius 1 is 1.24 bits per heavy atom. The number of methoxy groups -OCH3 is 2. The molecule has 2 rings (SSSR count). The van der Waals surface area contributed by atoms with Gasteiger partial charge >= 0.3 is 6.01 Å². The SMILES string of the molecule is COc1ccc(Cc2noc(N)n2)cc1OC. The second-order valence-corrected chi connectivity index (χ2v) is 3.41. The fourth-order valence-corrected chi connectivity index (χ4v) is 1.51. The molecule has 0 bridgehead atoms. The van der Waals surface area contributed by atoms with Crippen LogP contribution in [0.3, 0.4) is 0 Å². The summed E-state index contributed by atoms with van der Waals surface area (Å²) < 4.78 is 15.1. The lowest BCUT2D eigenvalue weighted by Crippen LogP contribution is -1.95. The predicted molar refractivity (Wildman–Crippen MR) is 61.1 cm³/mol. The summed E-state index contributed by atoms with van der Waals surface area (Å²) >= 11 is 0. The van der Waals surface area contributed by atoms with Crippen molar-refractivity contribution in [2.24, 2.45) is 0 Å². The van der Waals surface area contributed by atoms with E-state index >= 15 is 0 Å². The Hall–Kier alpha value is -2.24. The Bertz CT molecular complexity index is 510. The van der Waals surface area contributed by atoms with Crippen LogP contribution < -0.4 is 15.2 Å². The van der Waals surface area contributed by atoms with Crippen LogP contribution in [0.5, 0.6) is 11.5 Å². The van der Waals surface area contributed by atoms with Crippen LogP contribution in [0.2, 0.25) is 0 Å². The van der Waals surface area contributed by atoms with Gasteiger partial charge in [0.15, 0.2) is 17.3 Å². The number of hydrogen-bond acceptors (Lipinski definition) is 6. The van der Waals surface area contributed by atoms with Crippen LogP contribution in [0.15, 0.2) is 22.7 Å². The van der Waals surface area contributed by atoms with E-state index in [1.807, 2.05) is 18.2 Å². The minimum Gasteiger partial charge on any atom is -0.493 e. The number of ether oxygens (including phenoxy) is 2. The van der Waals surface area contributed by atoms with E-state index in [1.54, 1.807) is 14.2 Å². The number of benzene rings is 1. The zero-order valence-electron chi connectivity index (χ0n) is 9.64. The lowest BCUT2D eigenvalue weighted by atomic mass is 10.1. The molecular formula is C11H13N3O3. The van der Waals surface area contributed by atoms with Crippen LogP contribution in [0, 0.1) is 0 Å². The van der Waals surface area contributed by atoms with E-state index in [2.05, 4.69) is 10.1 Å². The molecule has 0 aliphatic rings. The van der Waals surface area contributed by atoms with Crippen molar-refractivity contribution in [3.8, 4) is 11.5 Å². The van der Waals surface area contributed by atoms with E-state index in [1.165, 1.54) is 0 Å². The van der Waals surface area contributed by atoms with E-state index in [-0.39, 0.29) is 6.01 Å². The third-order valence-electron chi connectivity index (χ3n) is 2.29. The second kappa shape index (κ2) is 4.73. The molecule has 1 aromatic heterocycles. The largest absolute Gasteiger partial charge is 0.493 e. The fourth-order valence-electron chi connectivity index (χ4n) is 1.51. The quantitative estimate of drug-likeness (QED) is 0.858. The van der Waals surface area contributed by atoms with Crippen molar-refractivity contribution < 1.29 is 14.0 Å². The molecule has 1 heterocycles. The summed E-state index contributed by atoms with van der Waals surface area (Å²) in [5.41, 5.74) is 6.34. The summed E-state index contributed by atoms with van der Waals surface area (Å²) in [6, 6.07) is 5.68. The molecule has 0 radical (unpaired) electrons. The zero-order valence-corrected chi connectivity index (χ0v) is 9.64. The Morgan fingerprint density at radius 3 is 2.59 bits per heavy atom. The van der Waals surface area contributed by atoms with Crippen LogP contribution in [-0.2, 0) is 6.42 Å². The molecule has 0 fully saturated rings. The maximum absolute atomic E-state index is 5.35. The van der Waals surface area contributed by atoms with Gasteiger partial charge in [0.1, 0.15) is 0 Å². The molecule has 0 saturated carbocycles. The van der Waals surface area contributed by atoms with E-state index in [0.717, 1.165) is 5.56 Å². The summed E-state index contributed by atoms with van der Waals surface area (Å²) in [6.45, 7) is 0. The van der Waals surface area contributed by atoms with Gasteiger partial charge in [-0.25, -0.2) is 0 Å². The number of nitrogens with two attached hydrogens (primary N) is 1. The van der Waals surface area contributed by atoms with Gasteiger partial charge in [-0.3, -0.25) is 0 Å². The normalized spacial score (nSPS) is 10.2. The first-order valence-electron chi connectivity index (χ1n) is 5.02. The summed E-state index contributed by atoms with van der Waals surface area (Å²) in [4.78, 5) is 3.93. The summed E-state index contributed by atoms with van der Waals surface area (Å²) in [7, 11) is 3.19. The number of nitrogens with zero attached hydrogens (tertiary/aromatic N) is 2. The maximum Gasteiger partial charge on any atom is 0.318 e. The van der Waals surface area contributed by atoms with E-state index < -0.39 is 0 Å². The topological polar surface area (TPSA) is 83.4 Å². The molecular weight excluding hydrogens is 222 g/mol. The highest BCUT2D eigenvalue weighted by Crippen LogP contribution is 2.28. The standard InChI is InChI=1S/C11H13N3O3/c1-15-8-4-3-7(5-9(8)16-2)6-10-13-11(12)17-14-10/h3-5H,6H2,1-2H3,(H2,12,13,14). The third kappa shape index (κ3) is 2.47. The monoisotopic (exact) mass is 235 g/mol. The smallest absolute Gasteiger partial charge is 0.318 e. The van der Waals surface area contributed by atoms with Gasteiger partial charge in [-0.2, -0.15) is 4.98 Å². The molecule has 1 aromatic carbocycles. The van der Waals surface area contributed by atoms with Gasteiger partial charge < -0.3 is 19.7 Å². The van der Waals surface area contributed by atoms with Crippen molar-refractivity contribution in [3.63, 3.8) is 0 Å². The molecule has 0 aliphatic heterocycles. The van der Waals surface area contributed by atoms with Crippen LogP contribution in [0.25, 0.3) is 0 Å². The molecule has 0 spiro atoms. The highest BCUT2D eigenvalue weighted by atomic mass is 16.5. The highest BCUT2D eigenvalue weighted by Gasteiger charge is 2.08. The third-order valence-corrected chi connectivity index (χ3v) is 2.29. The van der Waals surface area contributed by atoms with Gasteiger partial charge in [0.25, 0.3) is 0 Å². The van der Waals surface area contributed by atoms with Crippen molar-refractivity contribution in [1.29, 1.82) is 0 Å². The first-order valence-corrected chi connectivity index (χ1v) is 5.02. The zero-order chi connectivity index (χ0) is 12.3. The van der Waals surface area contributed by atoms with E-state index in [9.17, 15) is 0 Å². The van der Waals surface area contributed by atoms with Crippen molar-refractivity contribution >= 4 is 6.01 Å². The molecule has 0 aliphatic carbocycles. The maximum atomic E-state index is 5.35. The van der Waals surface area contributed by atoms with Gasteiger partial charge in [-0.1, -0.05) is 11.2 Å². The minimum absolute atomic E-state index is 0.0699. The molecule has 6 nitrogen and oxygen atoms in total. The average Bonchev–Trinajstić information content (AvgIpc) is 2.74. The van der Waals surface area contributed by atoms with Crippen molar-refractivity contribution in [2.75, 3.05) is 20.0 Å². The van der Waals surface area contributed by atoms with Crippen molar-refractivity contribution in [3.05, 3.63) is 29.6 Å². The highest BCUT2D eigenvalue weighted by molar-refractivity contribution is 5.43. The molecule has 2 N–H and O–H groups in total. The van der Waals surface area contributed by atoms with Crippen molar-refractivity contribution in [2.45, 2.75) is 6.42 Å². The lowest BCUT2D eigenvalue weighted by molar-refractivity contribution is 0.354. The molecule has 17 heavy (non-hydrogen) atoms. The van der Waals surface area contributed by atoms with Crippen LogP contribution >= 0.6 is 0 Å². The number of aromatic nitrogens is 2. The van der Waals surface area contributed by atoms with Gasteiger partial charge in [0, 0.05) is 6.42 Å². The average molecular weight is 235 g/mol. The number of anilines is 1. The van der Waals surface area contributed by atoms with Gasteiger partial charge in [0.2, 0.25) is 0 Å². The second-order valence-electron chi connectivity index (χ2n) is 3.41. The van der Waals surface area contributed by atoms with Gasteiger partial charge in [-0.15, -0.1) is 0 Å². The van der Waals surface area contributed by atoms with E-state index in [0.29, 0.717) is 23.7 Å². The first-order chi connectivity index (χ1) is 8.22. The van der Waals surface area contributed by atoms with Gasteiger partial charge in [0.05, 0.1) is 14.2 Å². The molecule has 0 atom stereocenters. The Morgan fingerprint density at radius 2 is 2.00 bits per heavy atom. The molecule has 0 saturated heterocycles. The van der Waals surface area contributed by atoms with Gasteiger partial charge in [-0.05, 0) is 17.7 Å². The summed E-state index contributed by atoms with van der Waals surface area (Å²) in [6.07, 6.45) is 0.529. The van der Waals surface area contributed by atoms with Crippen LogP contribution in [-0.4, -0.2) is 24.4 Å². The Kier molecular flexibility index (Phi) is 3.13. The first kappa shape index (κ1) is 11.3. The number of nitrogen functional groups attached to an aromatic ring is 1. The van der Waals surface area contributed by atoms with Crippen LogP contribution in [0.4, 0.5) is 6.01 Å². The summed E-state index contributed by atoms with van der Waals surface area (Å²) in [5.74, 6) is 1.89. The molecule has 2 aromatic rings. The number of rotatable bonds is 4. The van der Waals surface area contributed by atoms with E-state index in [4.69, 9.17) is 19.7 Å².